The summed E-state index contributed by atoms with van der Waals surface area (Å²) in [5.41, 5.74) is 2.08. The average Bonchev–Trinajstić information content (AvgIpc) is 3.09. The largest absolute Gasteiger partial charge is 0.494 e. The quantitative estimate of drug-likeness (QED) is 0.353. The molecule has 0 aliphatic heterocycles. The lowest BCUT2D eigenvalue weighted by Gasteiger charge is -2.09. The van der Waals surface area contributed by atoms with Crippen LogP contribution in [0.15, 0.2) is 40.9 Å². The SMILES string of the molecule is CCCCOc1ccc2nc(NC(=O)COc3ccc(CCC)cc3Br)sc2c1. The number of benzene rings is 2. The van der Waals surface area contributed by atoms with Crippen molar-refractivity contribution in [1.82, 2.24) is 4.98 Å². The number of aromatic nitrogens is 1. The standard InChI is InChI=1S/C22H25BrN2O3S/c1-3-5-11-27-16-8-9-18-20(13-16)29-22(24-18)25-21(26)14-28-19-10-7-15(6-4-2)12-17(19)23/h7-10,12-13H,3-6,11,14H2,1-2H3,(H,24,25,26). The molecule has 29 heavy (non-hydrogen) atoms. The number of unbranched alkanes of at least 4 members (excludes halogenated alkanes) is 1. The van der Waals surface area contributed by atoms with Crippen LogP contribution in [0, 0.1) is 0 Å². The highest BCUT2D eigenvalue weighted by atomic mass is 79.9. The van der Waals surface area contributed by atoms with Crippen LogP contribution in [-0.2, 0) is 11.2 Å². The fraction of sp³-hybridized carbons (Fsp3) is 0.364. The van der Waals surface area contributed by atoms with Crippen molar-refractivity contribution >= 4 is 48.5 Å². The van der Waals surface area contributed by atoms with Crippen molar-refractivity contribution in [3.63, 3.8) is 0 Å². The van der Waals surface area contributed by atoms with Gasteiger partial charge in [0.1, 0.15) is 11.5 Å². The molecule has 3 aromatic rings. The molecule has 5 nitrogen and oxygen atoms in total. The number of aryl methyl sites for hydroxylation is 1. The van der Waals surface area contributed by atoms with Crippen LogP contribution in [0.5, 0.6) is 11.5 Å². The summed E-state index contributed by atoms with van der Waals surface area (Å²) in [6.45, 7) is 4.91. The fourth-order valence-electron chi connectivity index (χ4n) is 2.79. The van der Waals surface area contributed by atoms with Gasteiger partial charge in [-0.15, -0.1) is 0 Å². The molecule has 0 aliphatic carbocycles. The Morgan fingerprint density at radius 1 is 1.14 bits per heavy atom. The number of thiazole rings is 1. The highest BCUT2D eigenvalue weighted by molar-refractivity contribution is 9.10. The Bertz CT molecular complexity index is 974. The normalized spacial score (nSPS) is 10.9. The molecule has 0 aliphatic rings. The molecule has 0 saturated carbocycles. The summed E-state index contributed by atoms with van der Waals surface area (Å²) in [5.74, 6) is 1.23. The van der Waals surface area contributed by atoms with Crippen LogP contribution < -0.4 is 14.8 Å². The van der Waals surface area contributed by atoms with E-state index in [1.807, 2.05) is 36.4 Å². The van der Waals surface area contributed by atoms with Crippen LogP contribution in [0.25, 0.3) is 10.2 Å². The van der Waals surface area contributed by atoms with Gasteiger partial charge in [-0.25, -0.2) is 4.98 Å². The van der Waals surface area contributed by atoms with E-state index < -0.39 is 0 Å². The molecule has 1 N–H and O–H groups in total. The van der Waals surface area contributed by atoms with E-state index in [9.17, 15) is 4.79 Å². The van der Waals surface area contributed by atoms with Gasteiger partial charge in [-0.05, 0) is 64.7 Å². The van der Waals surface area contributed by atoms with Crippen LogP contribution >= 0.6 is 27.3 Å². The molecule has 1 heterocycles. The molecular formula is C22H25BrN2O3S. The zero-order valence-corrected chi connectivity index (χ0v) is 19.1. The monoisotopic (exact) mass is 476 g/mol. The van der Waals surface area contributed by atoms with Gasteiger partial charge in [-0.1, -0.05) is 44.1 Å². The van der Waals surface area contributed by atoms with E-state index in [0.717, 1.165) is 46.1 Å². The first kappa shape index (κ1) is 21.6. The number of carbonyl (C=O) groups is 1. The number of ether oxygens (including phenoxy) is 2. The van der Waals surface area contributed by atoms with Crippen molar-refractivity contribution < 1.29 is 14.3 Å². The molecule has 0 radical (unpaired) electrons. The minimum Gasteiger partial charge on any atom is -0.494 e. The Balaban J connectivity index is 1.56. The number of anilines is 1. The number of hydrogen-bond acceptors (Lipinski definition) is 5. The number of amides is 1. The zero-order chi connectivity index (χ0) is 20.6. The predicted octanol–water partition coefficient (Wildman–Crippen LogP) is 6.21. The Kier molecular flexibility index (Phi) is 7.89. The maximum absolute atomic E-state index is 12.3. The first-order chi connectivity index (χ1) is 14.1. The second kappa shape index (κ2) is 10.6. The summed E-state index contributed by atoms with van der Waals surface area (Å²) in [5, 5.41) is 3.36. The summed E-state index contributed by atoms with van der Waals surface area (Å²) in [7, 11) is 0. The molecule has 0 saturated heterocycles. The van der Waals surface area contributed by atoms with Crippen molar-refractivity contribution in [3.8, 4) is 11.5 Å². The molecule has 1 amide bonds. The second-order valence-electron chi connectivity index (χ2n) is 6.70. The molecule has 0 spiro atoms. The molecule has 0 bridgehead atoms. The van der Waals surface area contributed by atoms with E-state index in [0.29, 0.717) is 17.5 Å². The van der Waals surface area contributed by atoms with Gasteiger partial charge in [0.05, 0.1) is 21.3 Å². The van der Waals surface area contributed by atoms with E-state index >= 15 is 0 Å². The van der Waals surface area contributed by atoms with Crippen molar-refractivity contribution in [2.24, 2.45) is 0 Å². The van der Waals surface area contributed by atoms with Gasteiger partial charge in [-0.2, -0.15) is 0 Å². The molecule has 1 aromatic heterocycles. The minimum absolute atomic E-state index is 0.0764. The van der Waals surface area contributed by atoms with Gasteiger partial charge in [0.2, 0.25) is 0 Å². The minimum atomic E-state index is -0.243. The molecule has 3 rings (SSSR count). The van der Waals surface area contributed by atoms with Crippen molar-refractivity contribution in [2.75, 3.05) is 18.5 Å². The lowest BCUT2D eigenvalue weighted by molar-refractivity contribution is -0.118. The smallest absolute Gasteiger partial charge is 0.264 e. The number of halogens is 1. The summed E-state index contributed by atoms with van der Waals surface area (Å²) >= 11 is 4.93. The lowest BCUT2D eigenvalue weighted by Crippen LogP contribution is -2.20. The maximum Gasteiger partial charge on any atom is 0.264 e. The highest BCUT2D eigenvalue weighted by Crippen LogP contribution is 2.30. The van der Waals surface area contributed by atoms with Gasteiger partial charge in [0, 0.05) is 0 Å². The first-order valence-corrected chi connectivity index (χ1v) is 11.4. The van der Waals surface area contributed by atoms with Crippen molar-refractivity contribution in [2.45, 2.75) is 39.5 Å². The van der Waals surface area contributed by atoms with Crippen LogP contribution in [-0.4, -0.2) is 24.1 Å². The van der Waals surface area contributed by atoms with Crippen LogP contribution in [0.2, 0.25) is 0 Å². The average molecular weight is 477 g/mol. The number of hydrogen-bond donors (Lipinski definition) is 1. The Labute approximate surface area is 183 Å². The zero-order valence-electron chi connectivity index (χ0n) is 16.7. The van der Waals surface area contributed by atoms with E-state index in [4.69, 9.17) is 9.47 Å². The topological polar surface area (TPSA) is 60.5 Å². The van der Waals surface area contributed by atoms with E-state index in [1.165, 1.54) is 16.9 Å². The first-order valence-electron chi connectivity index (χ1n) is 9.83. The van der Waals surface area contributed by atoms with Gasteiger partial charge in [-0.3, -0.25) is 10.1 Å². The third kappa shape index (κ3) is 6.18. The molecule has 0 atom stereocenters. The molecule has 0 unspecified atom stereocenters. The van der Waals surface area contributed by atoms with E-state index in [2.05, 4.69) is 40.1 Å². The molecule has 154 valence electrons. The molecule has 7 heteroatoms. The van der Waals surface area contributed by atoms with E-state index in [-0.39, 0.29) is 12.5 Å². The summed E-state index contributed by atoms with van der Waals surface area (Å²) < 4.78 is 13.2. The van der Waals surface area contributed by atoms with Crippen LogP contribution in [0.1, 0.15) is 38.7 Å². The third-order valence-electron chi connectivity index (χ3n) is 4.27. The number of rotatable bonds is 10. The van der Waals surface area contributed by atoms with Crippen LogP contribution in [0.3, 0.4) is 0 Å². The van der Waals surface area contributed by atoms with E-state index in [1.54, 1.807) is 0 Å². The second-order valence-corrected chi connectivity index (χ2v) is 8.59. The third-order valence-corrected chi connectivity index (χ3v) is 5.82. The maximum atomic E-state index is 12.3. The van der Waals surface area contributed by atoms with Crippen molar-refractivity contribution in [3.05, 3.63) is 46.4 Å². The number of nitrogens with zero attached hydrogens (tertiary/aromatic N) is 1. The Morgan fingerprint density at radius 2 is 2.00 bits per heavy atom. The van der Waals surface area contributed by atoms with Crippen LogP contribution in [0.4, 0.5) is 5.13 Å². The van der Waals surface area contributed by atoms with Gasteiger partial charge in [0.15, 0.2) is 11.7 Å². The van der Waals surface area contributed by atoms with Gasteiger partial charge in [0.25, 0.3) is 5.91 Å². The molecule has 0 fully saturated rings. The Hall–Kier alpha value is -2.12. The summed E-state index contributed by atoms with van der Waals surface area (Å²) in [6.07, 6.45) is 4.23. The molecular weight excluding hydrogens is 452 g/mol. The highest BCUT2D eigenvalue weighted by Gasteiger charge is 2.11. The molecule has 2 aromatic carbocycles. The summed E-state index contributed by atoms with van der Waals surface area (Å²) in [4.78, 5) is 16.7. The number of carbonyl (C=O) groups excluding carboxylic acids is 1. The lowest BCUT2D eigenvalue weighted by atomic mass is 10.1. The number of nitrogens with one attached hydrogen (secondary N) is 1. The van der Waals surface area contributed by atoms with Crippen molar-refractivity contribution in [1.29, 1.82) is 0 Å². The predicted molar refractivity (Wildman–Crippen MR) is 122 cm³/mol. The van der Waals surface area contributed by atoms with Gasteiger partial charge >= 0.3 is 0 Å². The van der Waals surface area contributed by atoms with Gasteiger partial charge < -0.3 is 9.47 Å². The Morgan fingerprint density at radius 3 is 2.76 bits per heavy atom. The number of fused-ring (bicyclic) bond motifs is 1. The summed E-state index contributed by atoms with van der Waals surface area (Å²) in [6, 6.07) is 11.7. The fourth-order valence-corrected chi connectivity index (χ4v) is 4.24.